The van der Waals surface area contributed by atoms with Crippen LogP contribution in [0.3, 0.4) is 0 Å². The Morgan fingerprint density at radius 3 is 2.48 bits per heavy atom. The molecule has 27 heavy (non-hydrogen) atoms. The molecule has 1 heterocycles. The molecule has 1 amide bonds. The maximum Gasteiger partial charge on any atom is 0.272 e. The first-order valence-corrected chi connectivity index (χ1v) is 8.92. The summed E-state index contributed by atoms with van der Waals surface area (Å²) in [5.74, 6) is 0.300. The quantitative estimate of drug-likeness (QED) is 0.732. The second kappa shape index (κ2) is 7.99. The number of benzene rings is 2. The average Bonchev–Trinajstić information content (AvgIpc) is 2.65. The lowest BCUT2D eigenvalue weighted by Gasteiger charge is -2.18. The molecule has 1 N–H and O–H groups in total. The van der Waals surface area contributed by atoms with Crippen LogP contribution in [0.2, 0.25) is 0 Å². The molecular formula is C22H24N4O. The van der Waals surface area contributed by atoms with Gasteiger partial charge in [-0.15, -0.1) is 0 Å². The van der Waals surface area contributed by atoms with Gasteiger partial charge in [0.1, 0.15) is 5.69 Å². The molecule has 0 unspecified atom stereocenters. The Labute approximate surface area is 160 Å². The molecule has 0 saturated carbocycles. The zero-order valence-corrected chi connectivity index (χ0v) is 16.2. The van der Waals surface area contributed by atoms with Crippen molar-refractivity contribution >= 4 is 17.5 Å². The summed E-state index contributed by atoms with van der Waals surface area (Å²) in [6.45, 7) is 6.50. The van der Waals surface area contributed by atoms with Crippen LogP contribution in [0.5, 0.6) is 0 Å². The number of amides is 1. The fourth-order valence-electron chi connectivity index (χ4n) is 2.87. The van der Waals surface area contributed by atoms with E-state index in [9.17, 15) is 4.79 Å². The second-order valence-corrected chi connectivity index (χ2v) is 6.74. The van der Waals surface area contributed by atoms with E-state index in [1.165, 1.54) is 5.56 Å². The Hall–Kier alpha value is -3.21. The van der Waals surface area contributed by atoms with Crippen molar-refractivity contribution in [2.45, 2.75) is 27.3 Å². The Bertz CT molecular complexity index is 954. The maximum absolute atomic E-state index is 12.8. The van der Waals surface area contributed by atoms with E-state index in [2.05, 4.69) is 28.3 Å². The number of rotatable bonds is 5. The standard InChI is InChI=1S/C22H24N4O/c1-15-9-8-12-19(17(15)3)24-22-23-16(2)13-20(25-22)21(27)26(4)14-18-10-6-5-7-11-18/h5-13H,14H2,1-4H3,(H,23,24,25). The van der Waals surface area contributed by atoms with Gasteiger partial charge in [-0.25, -0.2) is 9.97 Å². The Morgan fingerprint density at radius 2 is 1.74 bits per heavy atom. The number of nitrogens with zero attached hydrogens (tertiary/aromatic N) is 3. The number of hydrogen-bond acceptors (Lipinski definition) is 4. The number of carbonyl (C=O) groups excluding carboxylic acids is 1. The monoisotopic (exact) mass is 360 g/mol. The molecule has 0 aliphatic carbocycles. The molecule has 2 aromatic carbocycles. The van der Waals surface area contributed by atoms with Crippen molar-refractivity contribution in [2.75, 3.05) is 12.4 Å². The molecule has 3 rings (SSSR count). The molecule has 3 aromatic rings. The molecule has 1 aromatic heterocycles. The first kappa shape index (κ1) is 18.6. The first-order valence-electron chi connectivity index (χ1n) is 8.92. The van der Waals surface area contributed by atoms with E-state index in [4.69, 9.17) is 0 Å². The predicted molar refractivity (Wildman–Crippen MR) is 108 cm³/mol. The minimum atomic E-state index is -0.131. The normalized spacial score (nSPS) is 10.5. The molecule has 0 aliphatic heterocycles. The number of nitrogens with one attached hydrogen (secondary N) is 1. The average molecular weight is 360 g/mol. The number of aromatic nitrogens is 2. The van der Waals surface area contributed by atoms with Crippen LogP contribution in [0.25, 0.3) is 0 Å². The smallest absolute Gasteiger partial charge is 0.272 e. The third-order valence-corrected chi connectivity index (χ3v) is 4.53. The third kappa shape index (κ3) is 4.50. The van der Waals surface area contributed by atoms with Gasteiger partial charge in [-0.1, -0.05) is 42.5 Å². The lowest BCUT2D eigenvalue weighted by Crippen LogP contribution is -2.27. The predicted octanol–water partition coefficient (Wildman–Crippen LogP) is 4.42. The van der Waals surface area contributed by atoms with Crippen LogP contribution in [0.4, 0.5) is 11.6 Å². The van der Waals surface area contributed by atoms with E-state index in [0.29, 0.717) is 18.2 Å². The Balaban J connectivity index is 1.82. The van der Waals surface area contributed by atoms with Gasteiger partial charge in [0.15, 0.2) is 0 Å². The third-order valence-electron chi connectivity index (χ3n) is 4.53. The van der Waals surface area contributed by atoms with Gasteiger partial charge in [-0.3, -0.25) is 4.79 Å². The van der Waals surface area contributed by atoms with Gasteiger partial charge in [0, 0.05) is 25.0 Å². The van der Waals surface area contributed by atoms with Crippen LogP contribution in [0, 0.1) is 20.8 Å². The Kier molecular flexibility index (Phi) is 5.50. The van der Waals surface area contributed by atoms with Crippen LogP contribution in [0.15, 0.2) is 54.6 Å². The van der Waals surface area contributed by atoms with Crippen LogP contribution in [-0.2, 0) is 6.54 Å². The summed E-state index contributed by atoms with van der Waals surface area (Å²) in [5.41, 5.74) is 5.47. The zero-order valence-electron chi connectivity index (χ0n) is 16.2. The highest BCUT2D eigenvalue weighted by Gasteiger charge is 2.16. The molecule has 138 valence electrons. The largest absolute Gasteiger partial charge is 0.336 e. The zero-order chi connectivity index (χ0) is 19.4. The number of carbonyl (C=O) groups is 1. The van der Waals surface area contributed by atoms with Gasteiger partial charge in [-0.05, 0) is 49.6 Å². The van der Waals surface area contributed by atoms with Crippen molar-refractivity contribution < 1.29 is 4.79 Å². The summed E-state index contributed by atoms with van der Waals surface area (Å²) in [6.07, 6.45) is 0. The molecule has 0 atom stereocenters. The molecular weight excluding hydrogens is 336 g/mol. The van der Waals surface area contributed by atoms with Gasteiger partial charge in [0.25, 0.3) is 5.91 Å². The van der Waals surface area contributed by atoms with E-state index in [1.54, 1.807) is 18.0 Å². The molecule has 0 fully saturated rings. The summed E-state index contributed by atoms with van der Waals surface area (Å²) in [4.78, 5) is 23.4. The lowest BCUT2D eigenvalue weighted by atomic mass is 10.1. The topological polar surface area (TPSA) is 58.1 Å². The van der Waals surface area contributed by atoms with Crippen LogP contribution < -0.4 is 5.32 Å². The van der Waals surface area contributed by atoms with Crippen molar-refractivity contribution in [3.63, 3.8) is 0 Å². The van der Waals surface area contributed by atoms with Gasteiger partial charge in [0.05, 0.1) is 0 Å². The molecule has 0 aliphatic rings. The van der Waals surface area contributed by atoms with E-state index >= 15 is 0 Å². The summed E-state index contributed by atoms with van der Waals surface area (Å²) < 4.78 is 0. The summed E-state index contributed by atoms with van der Waals surface area (Å²) in [6, 6.07) is 17.7. The van der Waals surface area contributed by atoms with Crippen molar-refractivity contribution in [2.24, 2.45) is 0 Å². The van der Waals surface area contributed by atoms with Crippen molar-refractivity contribution in [1.82, 2.24) is 14.9 Å². The highest BCUT2D eigenvalue weighted by Crippen LogP contribution is 2.21. The highest BCUT2D eigenvalue weighted by atomic mass is 16.2. The molecule has 0 spiro atoms. The Morgan fingerprint density at radius 1 is 1.00 bits per heavy atom. The minimum Gasteiger partial charge on any atom is -0.336 e. The number of hydrogen-bond donors (Lipinski definition) is 1. The van der Waals surface area contributed by atoms with E-state index in [-0.39, 0.29) is 5.91 Å². The number of anilines is 2. The maximum atomic E-state index is 12.8. The first-order chi connectivity index (χ1) is 12.9. The minimum absolute atomic E-state index is 0.131. The van der Waals surface area contributed by atoms with Crippen LogP contribution in [-0.4, -0.2) is 27.8 Å². The molecule has 5 heteroatoms. The summed E-state index contributed by atoms with van der Waals surface area (Å²) in [5, 5.41) is 3.24. The van der Waals surface area contributed by atoms with E-state index in [0.717, 1.165) is 22.5 Å². The van der Waals surface area contributed by atoms with Gasteiger partial charge < -0.3 is 10.2 Å². The van der Waals surface area contributed by atoms with Gasteiger partial charge in [-0.2, -0.15) is 0 Å². The van der Waals surface area contributed by atoms with Gasteiger partial charge in [0.2, 0.25) is 5.95 Å². The fourth-order valence-corrected chi connectivity index (χ4v) is 2.87. The van der Waals surface area contributed by atoms with Crippen molar-refractivity contribution in [1.29, 1.82) is 0 Å². The van der Waals surface area contributed by atoms with Gasteiger partial charge >= 0.3 is 0 Å². The van der Waals surface area contributed by atoms with Crippen LogP contribution in [0.1, 0.15) is 32.9 Å². The lowest BCUT2D eigenvalue weighted by molar-refractivity contribution is 0.0779. The highest BCUT2D eigenvalue weighted by molar-refractivity contribution is 5.92. The van der Waals surface area contributed by atoms with Crippen molar-refractivity contribution in [3.05, 3.63) is 82.7 Å². The molecule has 5 nitrogen and oxygen atoms in total. The van der Waals surface area contributed by atoms with Crippen molar-refractivity contribution in [3.8, 4) is 0 Å². The molecule has 0 radical (unpaired) electrons. The summed E-state index contributed by atoms with van der Waals surface area (Å²) in [7, 11) is 1.78. The van der Waals surface area contributed by atoms with E-state index in [1.807, 2.05) is 56.3 Å². The fraction of sp³-hybridized carbons (Fsp3) is 0.227. The van der Waals surface area contributed by atoms with Crippen LogP contribution >= 0.6 is 0 Å². The SMILES string of the molecule is Cc1cc(C(=O)N(C)Cc2ccccc2)nc(Nc2cccc(C)c2C)n1. The number of aryl methyl sites for hydroxylation is 2. The second-order valence-electron chi connectivity index (χ2n) is 6.74. The molecule has 0 saturated heterocycles. The summed E-state index contributed by atoms with van der Waals surface area (Å²) >= 11 is 0. The van der Waals surface area contributed by atoms with E-state index < -0.39 is 0 Å². The molecule has 0 bridgehead atoms.